The Morgan fingerprint density at radius 3 is 1.93 bits per heavy atom. The molecule has 27 heavy (non-hydrogen) atoms. The molecule has 4 aliphatic rings. The molecule has 0 amide bonds. The van der Waals surface area contributed by atoms with E-state index in [0.717, 1.165) is 18.3 Å². The molecular formula is C24H44O2Si. The summed E-state index contributed by atoms with van der Waals surface area (Å²) in [5.74, 6) is 2.67. The topological polar surface area (TPSA) is 29.5 Å². The summed E-state index contributed by atoms with van der Waals surface area (Å²) in [6.07, 6.45) is 9.44. The van der Waals surface area contributed by atoms with Crippen LogP contribution in [0.5, 0.6) is 0 Å². The summed E-state index contributed by atoms with van der Waals surface area (Å²) in [6.45, 7) is 16.7. The molecule has 156 valence electrons. The molecule has 1 spiro atoms. The minimum Gasteiger partial charge on any atom is -0.413 e. The molecule has 1 N–H and O–H groups in total. The highest BCUT2D eigenvalue weighted by atomic mass is 28.4. The minimum atomic E-state index is -1.88. The summed E-state index contributed by atoms with van der Waals surface area (Å²) >= 11 is 0. The first kappa shape index (κ1) is 20.4. The molecule has 4 bridgehead atoms. The van der Waals surface area contributed by atoms with Gasteiger partial charge in [0.2, 0.25) is 8.32 Å². The number of aliphatic hydroxyl groups is 1. The quantitative estimate of drug-likeness (QED) is 0.539. The van der Waals surface area contributed by atoms with Crippen LogP contribution in [-0.2, 0) is 4.43 Å². The first-order valence-corrected chi connectivity index (χ1v) is 14.1. The van der Waals surface area contributed by atoms with E-state index in [1.165, 1.54) is 38.5 Å². The Labute approximate surface area is 169 Å². The monoisotopic (exact) mass is 392 g/mol. The Morgan fingerprint density at radius 1 is 0.852 bits per heavy atom. The Balaban J connectivity index is 1.73. The zero-order chi connectivity index (χ0) is 19.8. The summed E-state index contributed by atoms with van der Waals surface area (Å²) in [7, 11) is -1.88. The fourth-order valence-corrected chi connectivity index (χ4v) is 14.6. The van der Waals surface area contributed by atoms with E-state index in [0.29, 0.717) is 40.0 Å². The van der Waals surface area contributed by atoms with Gasteiger partial charge in [0, 0.05) is 0 Å². The number of hydrogen-bond acceptors (Lipinski definition) is 2. The van der Waals surface area contributed by atoms with Crippen molar-refractivity contribution in [2.75, 3.05) is 0 Å². The molecule has 0 aromatic heterocycles. The zero-order valence-corrected chi connectivity index (χ0v) is 19.9. The van der Waals surface area contributed by atoms with Crippen LogP contribution in [0.15, 0.2) is 0 Å². The Morgan fingerprint density at radius 2 is 1.41 bits per heavy atom. The standard InChI is InChI=1S/C24H44O2Si/c1-15(2)27(16(3)4,17(5)6)26-21-18-9-8-10-19(21)22-23(7,25)12-11-20(18)24(22)13-14-24/h15-22,25H,8-14H2,1-7H3/t18-,19-,20-,21-,22-,23-/m0/s1. The largest absolute Gasteiger partial charge is 0.413 e. The smallest absolute Gasteiger partial charge is 0.200 e. The molecule has 4 aliphatic carbocycles. The van der Waals surface area contributed by atoms with Crippen LogP contribution in [0.3, 0.4) is 0 Å². The Bertz CT molecular complexity index is 541. The van der Waals surface area contributed by atoms with Gasteiger partial charge in [-0.15, -0.1) is 0 Å². The van der Waals surface area contributed by atoms with Gasteiger partial charge in [-0.2, -0.15) is 0 Å². The van der Waals surface area contributed by atoms with Gasteiger partial charge in [-0.25, -0.2) is 0 Å². The van der Waals surface area contributed by atoms with E-state index in [9.17, 15) is 5.11 Å². The van der Waals surface area contributed by atoms with E-state index in [1.54, 1.807) is 0 Å². The molecule has 0 aromatic rings. The molecule has 2 nitrogen and oxygen atoms in total. The van der Waals surface area contributed by atoms with Crippen molar-refractivity contribution in [3.8, 4) is 0 Å². The molecule has 4 saturated carbocycles. The number of rotatable bonds is 5. The van der Waals surface area contributed by atoms with E-state index >= 15 is 0 Å². The SMILES string of the molecule is CC(C)[Si](O[C@H]1[C@H]2CCC[C@@H]1[C@@H]1C3(CC3)[C@H]2CC[C@]1(C)O)(C(C)C)C(C)C. The van der Waals surface area contributed by atoms with Gasteiger partial charge < -0.3 is 9.53 Å². The van der Waals surface area contributed by atoms with Crippen molar-refractivity contribution < 1.29 is 9.53 Å². The molecule has 3 heteroatoms. The summed E-state index contributed by atoms with van der Waals surface area (Å²) < 4.78 is 7.51. The molecule has 6 atom stereocenters. The average molecular weight is 393 g/mol. The van der Waals surface area contributed by atoms with E-state index in [2.05, 4.69) is 48.5 Å². The molecule has 0 heterocycles. The van der Waals surface area contributed by atoms with Gasteiger partial charge in [-0.1, -0.05) is 48.0 Å². The second kappa shape index (κ2) is 6.57. The molecule has 0 aromatic carbocycles. The maximum absolute atomic E-state index is 11.5. The van der Waals surface area contributed by atoms with Crippen molar-refractivity contribution in [3.63, 3.8) is 0 Å². The van der Waals surface area contributed by atoms with Gasteiger partial charge in [0.1, 0.15) is 0 Å². The molecular weight excluding hydrogens is 348 g/mol. The van der Waals surface area contributed by atoms with E-state index < -0.39 is 13.9 Å². The lowest BCUT2D eigenvalue weighted by Gasteiger charge is -2.64. The van der Waals surface area contributed by atoms with E-state index in [1.807, 2.05) is 0 Å². The van der Waals surface area contributed by atoms with Crippen LogP contribution in [0.2, 0.25) is 16.6 Å². The van der Waals surface area contributed by atoms with Crippen molar-refractivity contribution in [2.45, 2.75) is 122 Å². The lowest BCUT2D eigenvalue weighted by Crippen LogP contribution is -2.65. The lowest BCUT2D eigenvalue weighted by molar-refractivity contribution is -0.206. The average Bonchev–Trinajstić information content (AvgIpc) is 3.31. The molecule has 0 radical (unpaired) electrons. The first-order chi connectivity index (χ1) is 12.6. The molecule has 0 aliphatic heterocycles. The summed E-state index contributed by atoms with van der Waals surface area (Å²) in [5, 5.41) is 11.5. The highest BCUT2D eigenvalue weighted by Gasteiger charge is 2.71. The van der Waals surface area contributed by atoms with E-state index in [4.69, 9.17) is 4.43 Å². The Kier molecular flexibility index (Phi) is 4.97. The van der Waals surface area contributed by atoms with E-state index in [-0.39, 0.29) is 0 Å². The van der Waals surface area contributed by atoms with Gasteiger partial charge in [-0.05, 0) is 91.2 Å². The fraction of sp³-hybridized carbons (Fsp3) is 1.00. The maximum atomic E-state index is 11.5. The van der Waals surface area contributed by atoms with Crippen molar-refractivity contribution >= 4 is 8.32 Å². The van der Waals surface area contributed by atoms with Gasteiger partial charge in [0.25, 0.3) is 0 Å². The predicted octanol–water partition coefficient (Wildman–Crippen LogP) is 6.53. The third kappa shape index (κ3) is 2.77. The third-order valence-corrected chi connectivity index (χ3v) is 15.8. The zero-order valence-electron chi connectivity index (χ0n) is 18.9. The molecule has 0 saturated heterocycles. The second-order valence-electron chi connectivity index (χ2n) is 11.9. The first-order valence-electron chi connectivity index (χ1n) is 12.0. The van der Waals surface area contributed by atoms with Crippen LogP contribution in [0.25, 0.3) is 0 Å². The van der Waals surface area contributed by atoms with Crippen LogP contribution in [-0.4, -0.2) is 25.1 Å². The van der Waals surface area contributed by atoms with Crippen molar-refractivity contribution in [1.29, 1.82) is 0 Å². The van der Waals surface area contributed by atoms with Crippen LogP contribution >= 0.6 is 0 Å². The molecule has 0 unspecified atom stereocenters. The fourth-order valence-electron chi connectivity index (χ4n) is 8.94. The molecule has 4 rings (SSSR count). The highest BCUT2D eigenvalue weighted by Crippen LogP contribution is 2.74. The lowest BCUT2D eigenvalue weighted by atomic mass is 9.46. The number of fused-ring (bicyclic) bond motifs is 4. The van der Waals surface area contributed by atoms with Gasteiger partial charge in [-0.3, -0.25) is 0 Å². The predicted molar refractivity (Wildman–Crippen MR) is 115 cm³/mol. The van der Waals surface area contributed by atoms with Crippen LogP contribution < -0.4 is 0 Å². The summed E-state index contributed by atoms with van der Waals surface area (Å²) in [4.78, 5) is 0. The van der Waals surface area contributed by atoms with Crippen LogP contribution in [0, 0.1) is 29.1 Å². The Hall–Kier alpha value is 0.137. The van der Waals surface area contributed by atoms with Crippen molar-refractivity contribution in [1.82, 2.24) is 0 Å². The van der Waals surface area contributed by atoms with Crippen molar-refractivity contribution in [2.24, 2.45) is 29.1 Å². The minimum absolute atomic E-state index is 0.422. The third-order valence-electron chi connectivity index (χ3n) is 9.73. The second-order valence-corrected chi connectivity index (χ2v) is 17.3. The maximum Gasteiger partial charge on any atom is 0.200 e. The highest BCUT2D eigenvalue weighted by molar-refractivity contribution is 6.77. The molecule has 4 fully saturated rings. The van der Waals surface area contributed by atoms with Gasteiger partial charge in [0.05, 0.1) is 11.7 Å². The van der Waals surface area contributed by atoms with Crippen LogP contribution in [0.1, 0.15) is 93.4 Å². The van der Waals surface area contributed by atoms with Gasteiger partial charge in [0.15, 0.2) is 0 Å². The summed E-state index contributed by atoms with van der Waals surface area (Å²) in [5.41, 5.74) is 1.95. The van der Waals surface area contributed by atoms with Gasteiger partial charge >= 0.3 is 0 Å². The van der Waals surface area contributed by atoms with Crippen LogP contribution in [0.4, 0.5) is 0 Å². The summed E-state index contributed by atoms with van der Waals surface area (Å²) in [6, 6.07) is 0. The normalized spacial score (nSPS) is 43.0. The number of hydrogen-bond donors (Lipinski definition) is 1. The van der Waals surface area contributed by atoms with Crippen molar-refractivity contribution in [3.05, 3.63) is 0 Å².